The summed E-state index contributed by atoms with van der Waals surface area (Å²) in [5, 5.41) is 3.37. The lowest BCUT2D eigenvalue weighted by Crippen LogP contribution is -2.57. The average molecular weight is 363 g/mol. The van der Waals surface area contributed by atoms with Gasteiger partial charge in [-0.25, -0.2) is 0 Å². The molecule has 2 saturated heterocycles. The highest BCUT2D eigenvalue weighted by Gasteiger charge is 2.31. The van der Waals surface area contributed by atoms with Gasteiger partial charge in [-0.3, -0.25) is 9.69 Å². The first-order valence-corrected chi connectivity index (χ1v) is 9.19. The van der Waals surface area contributed by atoms with Gasteiger partial charge >= 0.3 is 0 Å². The summed E-state index contributed by atoms with van der Waals surface area (Å²) in [5.74, 6) is 2.40. The molecule has 0 aliphatic carbocycles. The Bertz CT molecular complexity index is 606. The predicted molar refractivity (Wildman–Crippen MR) is 99.0 cm³/mol. The van der Waals surface area contributed by atoms with E-state index in [0.29, 0.717) is 18.8 Å². The van der Waals surface area contributed by atoms with Gasteiger partial charge in [-0.05, 0) is 12.8 Å². The minimum absolute atomic E-state index is 0.142. The third-order valence-electron chi connectivity index (χ3n) is 5.17. The number of hydrogen-bond acceptors (Lipinski definition) is 6. The minimum atomic E-state index is -0.142. The Morgan fingerprint density at radius 2 is 1.73 bits per heavy atom. The molecule has 0 aromatic heterocycles. The summed E-state index contributed by atoms with van der Waals surface area (Å²) >= 11 is 0. The first kappa shape index (κ1) is 18.8. The van der Waals surface area contributed by atoms with Gasteiger partial charge in [-0.1, -0.05) is 0 Å². The van der Waals surface area contributed by atoms with E-state index in [0.717, 1.165) is 56.1 Å². The molecule has 0 spiro atoms. The Kier molecular flexibility index (Phi) is 6.21. The molecule has 1 N–H and O–H groups in total. The molecule has 1 atom stereocenters. The maximum absolute atomic E-state index is 12.7. The zero-order chi connectivity index (χ0) is 18.5. The van der Waals surface area contributed by atoms with E-state index in [1.54, 1.807) is 21.3 Å². The van der Waals surface area contributed by atoms with Crippen molar-refractivity contribution in [3.05, 3.63) is 17.7 Å². The van der Waals surface area contributed by atoms with Crippen LogP contribution in [0.1, 0.15) is 18.4 Å². The van der Waals surface area contributed by atoms with Gasteiger partial charge in [0.15, 0.2) is 0 Å². The Morgan fingerprint density at radius 3 is 2.31 bits per heavy atom. The van der Waals surface area contributed by atoms with Crippen LogP contribution in [0.4, 0.5) is 0 Å². The van der Waals surface area contributed by atoms with Crippen molar-refractivity contribution in [2.45, 2.75) is 25.4 Å². The fourth-order valence-corrected chi connectivity index (χ4v) is 3.74. The molecule has 0 unspecified atom stereocenters. The zero-order valence-corrected chi connectivity index (χ0v) is 15.9. The molecule has 144 valence electrons. The van der Waals surface area contributed by atoms with Gasteiger partial charge in [-0.15, -0.1) is 0 Å². The fraction of sp³-hybridized carbons (Fsp3) is 0.632. The predicted octanol–water partition coefficient (Wildman–Crippen LogP) is 1.11. The molecule has 0 bridgehead atoms. The van der Waals surface area contributed by atoms with Gasteiger partial charge in [0.25, 0.3) is 0 Å². The van der Waals surface area contributed by atoms with Crippen LogP contribution in [0.3, 0.4) is 0 Å². The molecule has 2 fully saturated rings. The molecule has 1 amide bonds. The molecule has 0 radical (unpaired) electrons. The van der Waals surface area contributed by atoms with Crippen molar-refractivity contribution in [2.75, 3.05) is 54.1 Å². The highest BCUT2D eigenvalue weighted by atomic mass is 16.5. The molecule has 7 heteroatoms. The largest absolute Gasteiger partial charge is 0.496 e. The van der Waals surface area contributed by atoms with E-state index < -0.39 is 0 Å². The summed E-state index contributed by atoms with van der Waals surface area (Å²) < 4.78 is 16.4. The van der Waals surface area contributed by atoms with Crippen LogP contribution in [0.15, 0.2) is 12.1 Å². The maximum Gasteiger partial charge on any atom is 0.241 e. The van der Waals surface area contributed by atoms with Crippen LogP contribution in [0.5, 0.6) is 17.2 Å². The van der Waals surface area contributed by atoms with E-state index in [-0.39, 0.29) is 11.9 Å². The quantitative estimate of drug-likeness (QED) is 0.817. The van der Waals surface area contributed by atoms with E-state index >= 15 is 0 Å². The Hall–Kier alpha value is -1.99. The molecule has 1 aromatic carbocycles. The highest BCUT2D eigenvalue weighted by molar-refractivity contribution is 5.82. The van der Waals surface area contributed by atoms with E-state index in [2.05, 4.69) is 10.2 Å². The van der Waals surface area contributed by atoms with Crippen LogP contribution in [0.25, 0.3) is 0 Å². The number of hydrogen-bond donors (Lipinski definition) is 1. The van der Waals surface area contributed by atoms with E-state index in [1.807, 2.05) is 17.0 Å². The van der Waals surface area contributed by atoms with Gasteiger partial charge in [0.1, 0.15) is 17.2 Å². The number of carbonyl (C=O) groups is 1. The second-order valence-corrected chi connectivity index (χ2v) is 6.78. The van der Waals surface area contributed by atoms with Gasteiger partial charge < -0.3 is 24.4 Å². The molecule has 26 heavy (non-hydrogen) atoms. The van der Waals surface area contributed by atoms with Crippen LogP contribution in [-0.4, -0.2) is 75.8 Å². The third kappa shape index (κ3) is 4.04. The number of rotatable bonds is 6. The number of nitrogens with zero attached hydrogens (tertiary/aromatic N) is 2. The van der Waals surface area contributed by atoms with Crippen molar-refractivity contribution in [2.24, 2.45) is 0 Å². The third-order valence-corrected chi connectivity index (χ3v) is 5.17. The number of piperazine rings is 1. The van der Waals surface area contributed by atoms with Crippen molar-refractivity contribution in [1.82, 2.24) is 15.1 Å². The van der Waals surface area contributed by atoms with Crippen LogP contribution < -0.4 is 19.5 Å². The van der Waals surface area contributed by atoms with Crippen LogP contribution in [-0.2, 0) is 11.3 Å². The summed E-state index contributed by atoms with van der Waals surface area (Å²) in [7, 11) is 4.92. The van der Waals surface area contributed by atoms with Crippen molar-refractivity contribution in [3.8, 4) is 17.2 Å². The molecule has 2 aliphatic heterocycles. The number of methoxy groups -OCH3 is 3. The highest BCUT2D eigenvalue weighted by Crippen LogP contribution is 2.35. The lowest BCUT2D eigenvalue weighted by molar-refractivity contribution is -0.133. The van der Waals surface area contributed by atoms with Crippen molar-refractivity contribution in [3.63, 3.8) is 0 Å². The second-order valence-electron chi connectivity index (χ2n) is 6.78. The smallest absolute Gasteiger partial charge is 0.241 e. The summed E-state index contributed by atoms with van der Waals surface area (Å²) in [6.07, 6.45) is 2.23. The molecule has 2 aliphatic rings. The molecule has 0 saturated carbocycles. The molecule has 1 aromatic rings. The first-order valence-electron chi connectivity index (χ1n) is 9.19. The summed E-state index contributed by atoms with van der Waals surface area (Å²) in [6, 6.07) is 3.59. The van der Waals surface area contributed by atoms with Crippen molar-refractivity contribution >= 4 is 5.91 Å². The number of benzene rings is 1. The Morgan fingerprint density at radius 1 is 1.08 bits per heavy atom. The molecule has 3 rings (SSSR count). The normalized spacial score (nSPS) is 20.9. The van der Waals surface area contributed by atoms with Crippen LogP contribution >= 0.6 is 0 Å². The summed E-state index contributed by atoms with van der Waals surface area (Å²) in [6.45, 7) is 4.80. The summed E-state index contributed by atoms with van der Waals surface area (Å²) in [4.78, 5) is 17.0. The van der Waals surface area contributed by atoms with Crippen LogP contribution in [0, 0.1) is 0 Å². The van der Waals surface area contributed by atoms with E-state index in [1.165, 1.54) is 0 Å². The van der Waals surface area contributed by atoms with E-state index in [9.17, 15) is 4.79 Å². The summed E-state index contributed by atoms with van der Waals surface area (Å²) in [5.41, 5.74) is 0.977. The van der Waals surface area contributed by atoms with Crippen LogP contribution in [0.2, 0.25) is 0 Å². The lowest BCUT2D eigenvalue weighted by atomic mass is 10.1. The Balaban J connectivity index is 1.72. The average Bonchev–Trinajstić information content (AvgIpc) is 3.22. The number of ether oxygens (including phenoxy) is 3. The SMILES string of the molecule is COc1cc(OC)c(CN2CCN[C@@H](C(=O)N3CCCC3)C2)c(OC)c1. The minimum Gasteiger partial charge on any atom is -0.496 e. The standard InChI is InChI=1S/C19H29N3O4/c1-24-14-10-17(25-2)15(18(11-14)26-3)12-21-9-6-20-16(13-21)19(23)22-7-4-5-8-22/h10-11,16,20H,4-9,12-13H2,1-3H3/t16-/m1/s1. The van der Waals surface area contributed by atoms with Gasteiger partial charge in [0, 0.05) is 51.4 Å². The van der Waals surface area contributed by atoms with Gasteiger partial charge in [0.05, 0.1) is 32.9 Å². The van der Waals surface area contributed by atoms with E-state index in [4.69, 9.17) is 14.2 Å². The van der Waals surface area contributed by atoms with Gasteiger partial charge in [-0.2, -0.15) is 0 Å². The molecule has 7 nitrogen and oxygen atoms in total. The fourth-order valence-electron chi connectivity index (χ4n) is 3.74. The lowest BCUT2D eigenvalue weighted by Gasteiger charge is -2.35. The number of amides is 1. The second kappa shape index (κ2) is 8.60. The molecular weight excluding hydrogens is 334 g/mol. The maximum atomic E-state index is 12.7. The number of nitrogens with one attached hydrogen (secondary N) is 1. The van der Waals surface area contributed by atoms with Crippen molar-refractivity contribution in [1.29, 1.82) is 0 Å². The number of likely N-dealkylation sites (tertiary alicyclic amines) is 1. The Labute approximate surface area is 155 Å². The first-order chi connectivity index (χ1) is 12.7. The zero-order valence-electron chi connectivity index (χ0n) is 15.9. The topological polar surface area (TPSA) is 63.3 Å². The van der Waals surface area contributed by atoms with Crippen molar-refractivity contribution < 1.29 is 19.0 Å². The van der Waals surface area contributed by atoms with Gasteiger partial charge in [0.2, 0.25) is 5.91 Å². The number of carbonyl (C=O) groups excluding carboxylic acids is 1. The monoisotopic (exact) mass is 363 g/mol. The molecular formula is C19H29N3O4. The molecule has 2 heterocycles.